The lowest BCUT2D eigenvalue weighted by atomic mass is 10.1. The third kappa shape index (κ3) is 3.38. The Bertz CT molecular complexity index is 959. The van der Waals surface area contributed by atoms with Crippen molar-refractivity contribution < 1.29 is 19.1 Å². The number of carbonyl (C=O) groups excluding carboxylic acids is 3. The van der Waals surface area contributed by atoms with E-state index in [0.717, 1.165) is 33.1 Å². The van der Waals surface area contributed by atoms with Gasteiger partial charge in [-0.25, -0.2) is 0 Å². The summed E-state index contributed by atoms with van der Waals surface area (Å²) in [6.45, 7) is 2.57. The van der Waals surface area contributed by atoms with Crippen LogP contribution in [0.25, 0.3) is 17.0 Å². The number of morpholine rings is 1. The molecule has 1 aromatic carbocycles. The minimum atomic E-state index is -0.300. The van der Waals surface area contributed by atoms with Crippen LogP contribution in [-0.2, 0) is 20.9 Å². The maximum Gasteiger partial charge on any atom is 0.293 e. The van der Waals surface area contributed by atoms with E-state index in [4.69, 9.17) is 4.74 Å². The molecule has 3 heterocycles. The molecule has 0 radical (unpaired) electrons. The number of nitrogens with zero attached hydrogens (tertiary/aromatic N) is 3. The molecule has 2 aliphatic heterocycles. The zero-order chi connectivity index (χ0) is 19.0. The lowest BCUT2D eigenvalue weighted by molar-refractivity contribution is -0.135. The third-order valence-corrected chi connectivity index (χ3v) is 5.72. The van der Waals surface area contributed by atoms with Crippen LogP contribution in [0.2, 0.25) is 0 Å². The molecule has 0 bridgehead atoms. The third-order valence-electron chi connectivity index (χ3n) is 4.76. The fourth-order valence-electron chi connectivity index (χ4n) is 3.27. The van der Waals surface area contributed by atoms with Gasteiger partial charge >= 0.3 is 0 Å². The van der Waals surface area contributed by atoms with Gasteiger partial charge in [-0.1, -0.05) is 18.2 Å². The fraction of sp³-hybridized carbons (Fsp3) is 0.316. The van der Waals surface area contributed by atoms with Crippen LogP contribution in [0.1, 0.15) is 5.56 Å². The number of fused-ring (bicyclic) bond motifs is 1. The quantitative estimate of drug-likeness (QED) is 0.758. The van der Waals surface area contributed by atoms with Crippen LogP contribution in [-0.4, -0.2) is 64.8 Å². The van der Waals surface area contributed by atoms with Crippen LogP contribution in [0.15, 0.2) is 35.4 Å². The number of imide groups is 1. The number of carbonyl (C=O) groups is 3. The van der Waals surface area contributed by atoms with Gasteiger partial charge in [0.1, 0.15) is 6.54 Å². The van der Waals surface area contributed by atoms with E-state index >= 15 is 0 Å². The largest absolute Gasteiger partial charge is 0.378 e. The molecule has 140 valence electrons. The topological polar surface area (TPSA) is 71.8 Å². The summed E-state index contributed by atoms with van der Waals surface area (Å²) >= 11 is 0.931. The number of hydrogen-bond donors (Lipinski definition) is 0. The van der Waals surface area contributed by atoms with Crippen molar-refractivity contribution in [3.63, 3.8) is 0 Å². The lowest BCUT2D eigenvalue weighted by Gasteiger charge is -2.27. The molecule has 0 spiro atoms. The van der Waals surface area contributed by atoms with Crippen LogP contribution in [0.4, 0.5) is 4.79 Å². The Labute approximate surface area is 160 Å². The van der Waals surface area contributed by atoms with Gasteiger partial charge in [-0.15, -0.1) is 0 Å². The van der Waals surface area contributed by atoms with Crippen LogP contribution < -0.4 is 0 Å². The van der Waals surface area contributed by atoms with Gasteiger partial charge in [0.05, 0.1) is 18.1 Å². The predicted octanol–water partition coefficient (Wildman–Crippen LogP) is 2.17. The van der Waals surface area contributed by atoms with Crippen molar-refractivity contribution in [2.75, 3.05) is 33.4 Å². The Morgan fingerprint density at radius 2 is 1.96 bits per heavy atom. The number of benzene rings is 1. The molecule has 0 unspecified atom stereocenters. The first-order chi connectivity index (χ1) is 13.0. The zero-order valence-corrected chi connectivity index (χ0v) is 15.7. The Morgan fingerprint density at radius 3 is 2.67 bits per heavy atom. The molecule has 2 aliphatic rings. The maximum absolute atomic E-state index is 12.6. The van der Waals surface area contributed by atoms with Gasteiger partial charge in [-0.2, -0.15) is 0 Å². The Hall–Kier alpha value is -2.58. The van der Waals surface area contributed by atoms with E-state index < -0.39 is 0 Å². The maximum atomic E-state index is 12.6. The summed E-state index contributed by atoms with van der Waals surface area (Å²) in [5, 5.41) is 0.660. The van der Waals surface area contributed by atoms with Crippen molar-refractivity contribution >= 4 is 45.8 Å². The first-order valence-electron chi connectivity index (χ1n) is 8.69. The number of aromatic nitrogens is 1. The zero-order valence-electron chi connectivity index (χ0n) is 14.9. The molecule has 27 heavy (non-hydrogen) atoms. The Balaban J connectivity index is 1.66. The van der Waals surface area contributed by atoms with Crippen molar-refractivity contribution in [3.8, 4) is 0 Å². The number of hydrogen-bond acceptors (Lipinski definition) is 5. The van der Waals surface area contributed by atoms with E-state index in [2.05, 4.69) is 0 Å². The number of para-hydroxylation sites is 1. The van der Waals surface area contributed by atoms with Gasteiger partial charge in [0.25, 0.3) is 11.1 Å². The highest BCUT2D eigenvalue weighted by atomic mass is 32.2. The molecule has 2 saturated heterocycles. The summed E-state index contributed by atoms with van der Waals surface area (Å²) in [5.74, 6) is -0.259. The molecule has 1 aromatic heterocycles. The minimum Gasteiger partial charge on any atom is -0.378 e. The second-order valence-electron chi connectivity index (χ2n) is 6.46. The van der Waals surface area contributed by atoms with E-state index in [1.54, 1.807) is 11.0 Å². The molecule has 3 amide bonds. The SMILES string of the molecule is CN1C(=O)SC(=Cc2cn(CC(=O)N3CCOCC3)c3ccccc23)C1=O. The molecule has 2 aromatic rings. The summed E-state index contributed by atoms with van der Waals surface area (Å²) in [5.41, 5.74) is 1.74. The molecule has 2 fully saturated rings. The number of ether oxygens (including phenoxy) is 1. The van der Waals surface area contributed by atoms with Crippen molar-refractivity contribution in [1.82, 2.24) is 14.4 Å². The standard InChI is InChI=1S/C19H19N3O4S/c1-20-18(24)16(27-19(20)25)10-13-11-22(15-5-3-2-4-14(13)15)12-17(23)21-6-8-26-9-7-21/h2-5,10-11H,6-9,12H2,1H3. The molecule has 0 N–H and O–H groups in total. The van der Waals surface area contributed by atoms with Crippen LogP contribution >= 0.6 is 11.8 Å². The predicted molar refractivity (Wildman–Crippen MR) is 103 cm³/mol. The monoisotopic (exact) mass is 385 g/mol. The second-order valence-corrected chi connectivity index (χ2v) is 7.46. The summed E-state index contributed by atoms with van der Waals surface area (Å²) in [6, 6.07) is 7.74. The van der Waals surface area contributed by atoms with E-state index in [9.17, 15) is 14.4 Å². The summed E-state index contributed by atoms with van der Waals surface area (Å²) in [6.07, 6.45) is 3.60. The first-order valence-corrected chi connectivity index (χ1v) is 9.51. The molecule has 0 atom stereocenters. The van der Waals surface area contributed by atoms with Gasteiger partial charge in [0, 0.05) is 42.8 Å². The molecule has 4 rings (SSSR count). The van der Waals surface area contributed by atoms with E-state index in [1.807, 2.05) is 35.0 Å². The summed E-state index contributed by atoms with van der Waals surface area (Å²) in [7, 11) is 1.47. The van der Waals surface area contributed by atoms with E-state index in [-0.39, 0.29) is 23.6 Å². The van der Waals surface area contributed by atoms with Gasteiger partial charge in [0.15, 0.2) is 0 Å². The average Bonchev–Trinajstić information content (AvgIpc) is 3.15. The smallest absolute Gasteiger partial charge is 0.293 e. The van der Waals surface area contributed by atoms with Crippen LogP contribution in [0.5, 0.6) is 0 Å². The molecule has 7 nitrogen and oxygen atoms in total. The van der Waals surface area contributed by atoms with Gasteiger partial charge in [-0.05, 0) is 23.9 Å². The van der Waals surface area contributed by atoms with Crippen molar-refractivity contribution in [3.05, 3.63) is 40.9 Å². The number of thioether (sulfide) groups is 1. The van der Waals surface area contributed by atoms with Crippen LogP contribution in [0, 0.1) is 0 Å². The normalized spacial score (nSPS) is 19.5. The highest BCUT2D eigenvalue weighted by Gasteiger charge is 2.32. The molecule has 0 saturated carbocycles. The van der Waals surface area contributed by atoms with E-state index in [1.165, 1.54) is 7.05 Å². The molecular weight excluding hydrogens is 366 g/mol. The first kappa shape index (κ1) is 17.8. The van der Waals surface area contributed by atoms with E-state index in [0.29, 0.717) is 31.2 Å². The van der Waals surface area contributed by atoms with Crippen molar-refractivity contribution in [1.29, 1.82) is 0 Å². The van der Waals surface area contributed by atoms with Crippen LogP contribution in [0.3, 0.4) is 0 Å². The Kier molecular flexibility index (Phi) is 4.75. The highest BCUT2D eigenvalue weighted by Crippen LogP contribution is 2.33. The second kappa shape index (κ2) is 7.21. The molecule has 8 heteroatoms. The number of likely N-dealkylation sites (N-methyl/N-ethyl adjacent to an activating group) is 1. The average molecular weight is 385 g/mol. The minimum absolute atomic E-state index is 0.0412. The summed E-state index contributed by atoms with van der Waals surface area (Å²) < 4.78 is 7.20. The van der Waals surface area contributed by atoms with Gasteiger partial charge in [0.2, 0.25) is 5.91 Å². The van der Waals surface area contributed by atoms with Crippen molar-refractivity contribution in [2.24, 2.45) is 0 Å². The molecular formula is C19H19N3O4S. The Morgan fingerprint density at radius 1 is 1.22 bits per heavy atom. The van der Waals surface area contributed by atoms with Gasteiger partial charge in [-0.3, -0.25) is 19.3 Å². The van der Waals surface area contributed by atoms with Crippen molar-refractivity contribution in [2.45, 2.75) is 6.54 Å². The lowest BCUT2D eigenvalue weighted by Crippen LogP contribution is -2.42. The number of rotatable bonds is 3. The highest BCUT2D eigenvalue weighted by molar-refractivity contribution is 8.18. The molecule has 0 aliphatic carbocycles. The summed E-state index contributed by atoms with van der Waals surface area (Å²) in [4.78, 5) is 39.9. The fourth-order valence-corrected chi connectivity index (χ4v) is 4.08. The number of amides is 3. The van der Waals surface area contributed by atoms with Gasteiger partial charge < -0.3 is 14.2 Å².